The van der Waals surface area contributed by atoms with Crippen molar-refractivity contribution in [3.8, 4) is 0 Å². The van der Waals surface area contributed by atoms with E-state index in [1.54, 1.807) is 0 Å². The second-order valence-electron chi connectivity index (χ2n) is 9.07. The van der Waals surface area contributed by atoms with Crippen molar-refractivity contribution in [1.82, 2.24) is 5.32 Å². The van der Waals surface area contributed by atoms with Crippen LogP contribution in [0.1, 0.15) is 6.92 Å². The number of amides is 1. The van der Waals surface area contributed by atoms with E-state index in [0.29, 0.717) is 0 Å². The average Bonchev–Trinajstić information content (AvgIpc) is 2.87. The Morgan fingerprint density at radius 1 is 0.649 bits per heavy atom. The van der Waals surface area contributed by atoms with Crippen LogP contribution in [0, 0.1) is 0 Å². The van der Waals surface area contributed by atoms with E-state index in [4.69, 9.17) is 23.7 Å². The monoisotopic (exact) mass is 545 g/mol. The minimum absolute atomic E-state index is 0.620. The lowest BCUT2D eigenvalue weighted by Gasteiger charge is -2.48. The fraction of sp³-hybridized carbons (Fsp3) is 0.950. The Morgan fingerprint density at radius 3 is 1.62 bits per heavy atom. The lowest BCUT2D eigenvalue weighted by molar-refractivity contribution is -0.373. The third kappa shape index (κ3) is 6.38. The molecule has 0 aromatic rings. The van der Waals surface area contributed by atoms with E-state index in [-0.39, 0.29) is 0 Å². The summed E-state index contributed by atoms with van der Waals surface area (Å²) in [6, 6.07) is -1.38. The Kier molecular flexibility index (Phi) is 10.5. The molecule has 3 saturated heterocycles. The van der Waals surface area contributed by atoms with Crippen molar-refractivity contribution in [2.45, 2.75) is 99.0 Å². The van der Waals surface area contributed by atoms with Gasteiger partial charge in [0.05, 0.1) is 19.8 Å². The zero-order valence-electron chi connectivity index (χ0n) is 19.7. The van der Waals surface area contributed by atoms with E-state index in [1.807, 2.05) is 0 Å². The number of aliphatic hydroxyl groups excluding tert-OH is 10. The molecular weight excluding hydrogens is 510 g/mol. The molecule has 3 aliphatic heterocycles. The van der Waals surface area contributed by atoms with Gasteiger partial charge in [0.1, 0.15) is 73.2 Å². The molecule has 216 valence electrons. The maximum atomic E-state index is 11.4. The molecule has 17 heteroatoms. The van der Waals surface area contributed by atoms with Gasteiger partial charge in [0.15, 0.2) is 18.9 Å². The van der Waals surface area contributed by atoms with Gasteiger partial charge in [-0.25, -0.2) is 0 Å². The van der Waals surface area contributed by atoms with E-state index in [0.717, 1.165) is 6.92 Å². The van der Waals surface area contributed by atoms with E-state index in [1.165, 1.54) is 0 Å². The van der Waals surface area contributed by atoms with Gasteiger partial charge in [0.2, 0.25) is 5.91 Å². The van der Waals surface area contributed by atoms with Crippen LogP contribution >= 0.6 is 0 Å². The summed E-state index contributed by atoms with van der Waals surface area (Å²) < 4.78 is 26.9. The second-order valence-corrected chi connectivity index (χ2v) is 9.07. The van der Waals surface area contributed by atoms with Gasteiger partial charge in [-0.1, -0.05) is 0 Å². The van der Waals surface area contributed by atoms with Crippen LogP contribution in [0.2, 0.25) is 0 Å². The lowest BCUT2D eigenvalue weighted by atomic mass is 9.95. The number of hydrogen-bond donors (Lipinski definition) is 11. The Bertz CT molecular complexity index is 743. The number of carbonyl (C=O) groups is 1. The first-order chi connectivity index (χ1) is 17.4. The zero-order valence-corrected chi connectivity index (χ0v) is 19.7. The highest BCUT2D eigenvalue weighted by atomic mass is 16.7. The van der Waals surface area contributed by atoms with Crippen LogP contribution < -0.4 is 5.32 Å². The highest BCUT2D eigenvalue weighted by Gasteiger charge is 2.53. The molecule has 0 aromatic carbocycles. The highest BCUT2D eigenvalue weighted by Crippen LogP contribution is 2.32. The quantitative estimate of drug-likeness (QED) is 0.135. The fourth-order valence-electron chi connectivity index (χ4n) is 4.46. The van der Waals surface area contributed by atoms with Gasteiger partial charge in [-0.2, -0.15) is 0 Å². The summed E-state index contributed by atoms with van der Waals surface area (Å²) in [6.07, 6.45) is -23.2. The highest BCUT2D eigenvalue weighted by molar-refractivity contribution is 5.73. The van der Waals surface area contributed by atoms with Gasteiger partial charge in [0.25, 0.3) is 0 Å². The van der Waals surface area contributed by atoms with Gasteiger partial charge >= 0.3 is 0 Å². The van der Waals surface area contributed by atoms with Crippen molar-refractivity contribution in [3.63, 3.8) is 0 Å². The number of nitrogens with one attached hydrogen (secondary N) is 1. The summed E-state index contributed by atoms with van der Waals surface area (Å²) >= 11 is 0. The number of aliphatic hydroxyl groups is 10. The molecule has 3 heterocycles. The SMILES string of the molecule is CC(=O)N[C@@H]1[C@@H](O)[C@H](O[C@@H]2O[C@H](CO)[C@H](O[C@@H]3O[C@H](CO)[C@H](O)[C@H](O)[C@H]3O)[C@H](O)[C@H]2O)[C@@H](CO)O[C@H]1O. The summed E-state index contributed by atoms with van der Waals surface area (Å²) in [6.45, 7) is -1.21. The summed E-state index contributed by atoms with van der Waals surface area (Å²) in [5.41, 5.74) is 0. The van der Waals surface area contributed by atoms with E-state index >= 15 is 0 Å². The molecule has 0 spiro atoms. The van der Waals surface area contributed by atoms with Crippen molar-refractivity contribution in [2.24, 2.45) is 0 Å². The largest absolute Gasteiger partial charge is 0.394 e. The standard InChI is InChI=1S/C20H35NO16/c1-5(25)21-9-11(27)16(7(3-23)33-18(9)32)36-20-15(31)13(29)17(8(4-24)35-20)37-19-14(30)12(28)10(26)6(2-22)34-19/h6-20,22-24,26-32H,2-4H2,1H3,(H,21,25)/t6-,7-,8-,9-,10+,11-,12+,13-,14-,15-,16-,17+,18-,19+,20+/m1/s1. The zero-order chi connectivity index (χ0) is 27.6. The number of rotatable bonds is 8. The summed E-state index contributed by atoms with van der Waals surface area (Å²) in [5, 5.41) is 103. The average molecular weight is 545 g/mol. The van der Waals surface area contributed by atoms with E-state index < -0.39 is 118 Å². The molecule has 0 aliphatic carbocycles. The Labute approximate surface area is 210 Å². The molecular formula is C20H35NO16. The Morgan fingerprint density at radius 2 is 1.11 bits per heavy atom. The normalized spacial score (nSPS) is 49.0. The maximum absolute atomic E-state index is 11.4. The van der Waals surface area contributed by atoms with Crippen molar-refractivity contribution >= 4 is 5.91 Å². The third-order valence-corrected chi connectivity index (χ3v) is 6.49. The van der Waals surface area contributed by atoms with Crippen molar-refractivity contribution in [1.29, 1.82) is 0 Å². The lowest BCUT2D eigenvalue weighted by Crippen LogP contribution is -2.68. The van der Waals surface area contributed by atoms with Crippen molar-refractivity contribution < 1.29 is 79.5 Å². The van der Waals surface area contributed by atoms with Crippen LogP contribution in [0.5, 0.6) is 0 Å². The molecule has 11 N–H and O–H groups in total. The van der Waals surface area contributed by atoms with Gasteiger partial charge < -0.3 is 80.1 Å². The minimum atomic E-state index is -1.92. The Balaban J connectivity index is 1.74. The van der Waals surface area contributed by atoms with Gasteiger partial charge in [-0.05, 0) is 0 Å². The predicted octanol–water partition coefficient (Wildman–Crippen LogP) is -7.43. The maximum Gasteiger partial charge on any atom is 0.217 e. The molecule has 1 amide bonds. The van der Waals surface area contributed by atoms with Crippen molar-refractivity contribution in [3.05, 3.63) is 0 Å². The van der Waals surface area contributed by atoms with Gasteiger partial charge in [-0.15, -0.1) is 0 Å². The van der Waals surface area contributed by atoms with Crippen LogP contribution in [-0.4, -0.2) is 169 Å². The number of ether oxygens (including phenoxy) is 5. The van der Waals surface area contributed by atoms with Crippen LogP contribution in [-0.2, 0) is 28.5 Å². The van der Waals surface area contributed by atoms with E-state index in [9.17, 15) is 55.9 Å². The topological polar surface area (TPSA) is 278 Å². The second kappa shape index (κ2) is 12.8. The molecule has 3 aliphatic rings. The van der Waals surface area contributed by atoms with Crippen molar-refractivity contribution in [2.75, 3.05) is 19.8 Å². The van der Waals surface area contributed by atoms with Crippen LogP contribution in [0.4, 0.5) is 0 Å². The fourth-order valence-corrected chi connectivity index (χ4v) is 4.46. The van der Waals surface area contributed by atoms with Crippen LogP contribution in [0.25, 0.3) is 0 Å². The minimum Gasteiger partial charge on any atom is -0.394 e. The molecule has 0 bridgehead atoms. The molecule has 37 heavy (non-hydrogen) atoms. The molecule has 3 rings (SSSR count). The summed E-state index contributed by atoms with van der Waals surface area (Å²) in [5.74, 6) is -0.620. The molecule has 3 fully saturated rings. The van der Waals surface area contributed by atoms with Gasteiger partial charge in [-0.3, -0.25) is 4.79 Å². The van der Waals surface area contributed by atoms with Gasteiger partial charge in [0, 0.05) is 6.92 Å². The molecule has 0 radical (unpaired) electrons. The summed E-state index contributed by atoms with van der Waals surface area (Å²) in [4.78, 5) is 11.4. The van der Waals surface area contributed by atoms with E-state index in [2.05, 4.69) is 5.32 Å². The molecule has 17 nitrogen and oxygen atoms in total. The smallest absolute Gasteiger partial charge is 0.217 e. The van der Waals surface area contributed by atoms with Crippen LogP contribution in [0.3, 0.4) is 0 Å². The number of carbonyl (C=O) groups excluding carboxylic acids is 1. The molecule has 15 atom stereocenters. The summed E-state index contributed by atoms with van der Waals surface area (Å²) in [7, 11) is 0. The Hall–Kier alpha value is -1.13. The molecule has 0 aromatic heterocycles. The first kappa shape index (κ1) is 30.4. The third-order valence-electron chi connectivity index (χ3n) is 6.49. The first-order valence-corrected chi connectivity index (χ1v) is 11.6. The predicted molar refractivity (Wildman–Crippen MR) is 113 cm³/mol. The molecule has 0 saturated carbocycles. The molecule has 0 unspecified atom stereocenters. The first-order valence-electron chi connectivity index (χ1n) is 11.6. The number of hydrogen-bond acceptors (Lipinski definition) is 16. The van der Waals surface area contributed by atoms with Crippen LogP contribution in [0.15, 0.2) is 0 Å².